The monoisotopic (exact) mass is 294 g/mol. The summed E-state index contributed by atoms with van der Waals surface area (Å²) in [5, 5.41) is 11.3. The van der Waals surface area contributed by atoms with Crippen molar-refractivity contribution in [3.05, 3.63) is 39.6 Å². The van der Waals surface area contributed by atoms with Crippen LogP contribution in [0.25, 0.3) is 0 Å². The molecule has 0 saturated heterocycles. The van der Waals surface area contributed by atoms with Crippen molar-refractivity contribution >= 4 is 21.6 Å². The van der Waals surface area contributed by atoms with Crippen LogP contribution in [-0.2, 0) is 13.6 Å². The maximum atomic E-state index is 4.03. The summed E-state index contributed by atoms with van der Waals surface area (Å²) in [4.78, 5) is 0. The van der Waals surface area contributed by atoms with Gasteiger partial charge in [-0.1, -0.05) is 21.1 Å². The van der Waals surface area contributed by atoms with E-state index in [4.69, 9.17) is 0 Å². The molecule has 0 unspecified atom stereocenters. The van der Waals surface area contributed by atoms with E-state index in [1.165, 1.54) is 15.6 Å². The van der Waals surface area contributed by atoms with Gasteiger partial charge in [-0.2, -0.15) is 0 Å². The molecule has 0 radical (unpaired) electrons. The van der Waals surface area contributed by atoms with Crippen molar-refractivity contribution in [1.82, 2.24) is 15.0 Å². The molecule has 2 rings (SSSR count). The summed E-state index contributed by atoms with van der Waals surface area (Å²) >= 11 is 3.56. The van der Waals surface area contributed by atoms with Gasteiger partial charge in [0.2, 0.25) is 0 Å². The predicted molar refractivity (Wildman–Crippen MR) is 71.9 cm³/mol. The molecule has 0 amide bonds. The highest BCUT2D eigenvalue weighted by Gasteiger charge is 2.03. The van der Waals surface area contributed by atoms with Crippen LogP contribution < -0.4 is 5.32 Å². The molecule has 0 fully saturated rings. The Morgan fingerprint density at radius 3 is 2.47 bits per heavy atom. The summed E-state index contributed by atoms with van der Waals surface area (Å²) < 4.78 is 2.87. The molecule has 1 aromatic carbocycles. The Hall–Kier alpha value is -1.36. The first kappa shape index (κ1) is 12.1. The molecule has 0 aliphatic heterocycles. The van der Waals surface area contributed by atoms with Gasteiger partial charge in [0.05, 0.1) is 6.54 Å². The molecule has 1 aromatic heterocycles. The number of hydrogen-bond donors (Lipinski definition) is 1. The Morgan fingerprint density at radius 1 is 1.29 bits per heavy atom. The molecular formula is C12H15BrN4. The van der Waals surface area contributed by atoms with E-state index in [2.05, 4.69) is 57.5 Å². The van der Waals surface area contributed by atoms with Crippen LogP contribution in [0.5, 0.6) is 0 Å². The van der Waals surface area contributed by atoms with Gasteiger partial charge in [-0.3, -0.25) is 4.68 Å². The molecule has 0 atom stereocenters. The highest BCUT2D eigenvalue weighted by atomic mass is 79.9. The second-order valence-electron chi connectivity index (χ2n) is 4.16. The van der Waals surface area contributed by atoms with Crippen LogP contribution in [0.4, 0.5) is 5.69 Å². The molecular weight excluding hydrogens is 280 g/mol. The number of benzene rings is 1. The predicted octanol–water partition coefficient (Wildman–Crippen LogP) is 2.81. The number of anilines is 1. The average Bonchev–Trinajstić information content (AvgIpc) is 2.69. The maximum Gasteiger partial charge on any atom is 0.102 e. The van der Waals surface area contributed by atoms with E-state index in [1.54, 1.807) is 4.68 Å². The Bertz CT molecular complexity index is 510. The largest absolute Gasteiger partial charge is 0.379 e. The summed E-state index contributed by atoms with van der Waals surface area (Å²) in [7, 11) is 1.87. The maximum absolute atomic E-state index is 4.03. The number of hydrogen-bond acceptors (Lipinski definition) is 3. The van der Waals surface area contributed by atoms with Crippen molar-refractivity contribution in [2.75, 3.05) is 5.32 Å². The van der Waals surface area contributed by atoms with Crippen molar-refractivity contribution < 1.29 is 0 Å². The van der Waals surface area contributed by atoms with E-state index in [1.807, 2.05) is 13.2 Å². The average molecular weight is 295 g/mol. The number of rotatable bonds is 3. The second kappa shape index (κ2) is 4.87. The molecule has 90 valence electrons. The van der Waals surface area contributed by atoms with Gasteiger partial charge in [0.1, 0.15) is 5.69 Å². The Labute approximate surface area is 109 Å². The van der Waals surface area contributed by atoms with Gasteiger partial charge >= 0.3 is 0 Å². The van der Waals surface area contributed by atoms with E-state index in [-0.39, 0.29) is 0 Å². The lowest BCUT2D eigenvalue weighted by molar-refractivity contribution is 0.713. The number of aromatic nitrogens is 3. The summed E-state index contributed by atoms with van der Waals surface area (Å²) in [6.45, 7) is 4.86. The number of nitrogens with zero attached hydrogens (tertiary/aromatic N) is 3. The van der Waals surface area contributed by atoms with Crippen LogP contribution in [-0.4, -0.2) is 15.0 Å². The van der Waals surface area contributed by atoms with Crippen LogP contribution in [0, 0.1) is 13.8 Å². The number of halogens is 1. The Morgan fingerprint density at radius 2 is 1.94 bits per heavy atom. The van der Waals surface area contributed by atoms with Crippen molar-refractivity contribution in [3.8, 4) is 0 Å². The van der Waals surface area contributed by atoms with Crippen LogP contribution in [0.1, 0.15) is 16.8 Å². The third kappa shape index (κ3) is 2.85. The van der Waals surface area contributed by atoms with Crippen molar-refractivity contribution in [3.63, 3.8) is 0 Å². The lowest BCUT2D eigenvalue weighted by atomic mass is 10.1. The summed E-state index contributed by atoms with van der Waals surface area (Å²) in [5.74, 6) is 0. The van der Waals surface area contributed by atoms with Gasteiger partial charge in [0.25, 0.3) is 0 Å². The molecule has 1 heterocycles. The van der Waals surface area contributed by atoms with E-state index in [0.717, 1.165) is 11.4 Å². The number of aryl methyl sites for hydroxylation is 3. The third-order valence-electron chi connectivity index (χ3n) is 2.56. The molecule has 0 aliphatic rings. The lowest BCUT2D eigenvalue weighted by Crippen LogP contribution is -2.00. The summed E-state index contributed by atoms with van der Waals surface area (Å²) in [6.07, 6.45) is 1.91. The van der Waals surface area contributed by atoms with Crippen LogP contribution in [0.15, 0.2) is 22.8 Å². The van der Waals surface area contributed by atoms with Gasteiger partial charge in [0, 0.05) is 23.4 Å². The van der Waals surface area contributed by atoms with Gasteiger partial charge < -0.3 is 5.32 Å². The molecule has 0 bridgehead atoms. The SMILES string of the molecule is Cc1cc(NCc2cn(C)nn2)cc(C)c1Br. The second-order valence-corrected chi connectivity index (χ2v) is 4.95. The van der Waals surface area contributed by atoms with Gasteiger partial charge in [0.15, 0.2) is 0 Å². The highest BCUT2D eigenvalue weighted by molar-refractivity contribution is 9.10. The minimum absolute atomic E-state index is 0.689. The van der Waals surface area contributed by atoms with Crippen LogP contribution in [0.3, 0.4) is 0 Å². The zero-order chi connectivity index (χ0) is 12.4. The highest BCUT2D eigenvalue weighted by Crippen LogP contribution is 2.25. The minimum atomic E-state index is 0.689. The standard InChI is InChI=1S/C12H15BrN4/c1-8-4-10(5-9(2)12(8)13)14-6-11-7-17(3)16-15-11/h4-5,7,14H,6H2,1-3H3. The van der Waals surface area contributed by atoms with E-state index >= 15 is 0 Å². The van der Waals surface area contributed by atoms with Crippen molar-refractivity contribution in [1.29, 1.82) is 0 Å². The van der Waals surface area contributed by atoms with E-state index < -0.39 is 0 Å². The van der Waals surface area contributed by atoms with Gasteiger partial charge in [-0.15, -0.1) is 5.10 Å². The first-order valence-electron chi connectivity index (χ1n) is 5.42. The fourth-order valence-corrected chi connectivity index (χ4v) is 1.95. The molecule has 4 nitrogen and oxygen atoms in total. The first-order chi connectivity index (χ1) is 8.06. The van der Waals surface area contributed by atoms with Gasteiger partial charge in [-0.25, -0.2) is 0 Å². The normalized spacial score (nSPS) is 10.6. The van der Waals surface area contributed by atoms with Crippen molar-refractivity contribution in [2.24, 2.45) is 7.05 Å². The van der Waals surface area contributed by atoms with E-state index in [9.17, 15) is 0 Å². The Balaban J connectivity index is 2.09. The zero-order valence-electron chi connectivity index (χ0n) is 10.2. The molecule has 17 heavy (non-hydrogen) atoms. The summed E-state index contributed by atoms with van der Waals surface area (Å²) in [6, 6.07) is 4.24. The van der Waals surface area contributed by atoms with Crippen molar-refractivity contribution in [2.45, 2.75) is 20.4 Å². The van der Waals surface area contributed by atoms with Crippen LogP contribution in [0.2, 0.25) is 0 Å². The Kier molecular flexibility index (Phi) is 3.47. The smallest absolute Gasteiger partial charge is 0.102 e. The quantitative estimate of drug-likeness (QED) is 0.947. The molecule has 0 aliphatic carbocycles. The lowest BCUT2D eigenvalue weighted by Gasteiger charge is -2.09. The first-order valence-corrected chi connectivity index (χ1v) is 6.21. The topological polar surface area (TPSA) is 42.7 Å². The molecule has 2 aromatic rings. The summed E-state index contributed by atoms with van der Waals surface area (Å²) in [5.41, 5.74) is 4.50. The van der Waals surface area contributed by atoms with Gasteiger partial charge in [-0.05, 0) is 37.1 Å². The fraction of sp³-hybridized carbons (Fsp3) is 0.333. The number of nitrogens with one attached hydrogen (secondary N) is 1. The molecule has 5 heteroatoms. The third-order valence-corrected chi connectivity index (χ3v) is 3.81. The molecule has 1 N–H and O–H groups in total. The van der Waals surface area contributed by atoms with Crippen LogP contribution >= 0.6 is 15.9 Å². The minimum Gasteiger partial charge on any atom is -0.379 e. The van der Waals surface area contributed by atoms with E-state index in [0.29, 0.717) is 6.54 Å². The zero-order valence-corrected chi connectivity index (χ0v) is 11.7. The molecule has 0 saturated carbocycles. The fourth-order valence-electron chi connectivity index (χ4n) is 1.72. The molecule has 0 spiro atoms.